The van der Waals surface area contributed by atoms with E-state index in [1.54, 1.807) is 0 Å². The third-order valence-electron chi connectivity index (χ3n) is 2.38. The standard InChI is InChI=1S/C11H16NO7P/c1-6(17-10(16)11(20)18-7(2)13)9(15)19-12-5-3-4-8(12)14/h6,11H,3-5,20H2,1-2H3/t6-,11-/m0/s1. The highest BCUT2D eigenvalue weighted by Gasteiger charge is 2.29. The Morgan fingerprint density at radius 3 is 2.40 bits per heavy atom. The van der Waals surface area contributed by atoms with E-state index in [0.717, 1.165) is 12.0 Å². The molecule has 1 aliphatic heterocycles. The number of hydrogen-bond acceptors (Lipinski definition) is 7. The minimum absolute atomic E-state index is 0.291. The first-order valence-electron chi connectivity index (χ1n) is 5.96. The highest BCUT2D eigenvalue weighted by atomic mass is 31.0. The lowest BCUT2D eigenvalue weighted by Gasteiger charge is -2.19. The second kappa shape index (κ2) is 7.19. The molecule has 0 aromatic rings. The van der Waals surface area contributed by atoms with Crippen LogP contribution in [0.5, 0.6) is 0 Å². The Labute approximate surface area is 117 Å². The van der Waals surface area contributed by atoms with Gasteiger partial charge in [0.15, 0.2) is 6.10 Å². The molecule has 112 valence electrons. The zero-order valence-electron chi connectivity index (χ0n) is 11.2. The summed E-state index contributed by atoms with van der Waals surface area (Å²) in [6.45, 7) is 2.76. The van der Waals surface area contributed by atoms with Crippen LogP contribution in [-0.4, -0.2) is 47.4 Å². The van der Waals surface area contributed by atoms with Crippen LogP contribution in [-0.2, 0) is 33.5 Å². The molecule has 0 N–H and O–H groups in total. The molecule has 0 spiro atoms. The highest BCUT2D eigenvalue weighted by molar-refractivity contribution is 7.19. The van der Waals surface area contributed by atoms with E-state index < -0.39 is 29.9 Å². The van der Waals surface area contributed by atoms with Gasteiger partial charge in [-0.1, -0.05) is 9.24 Å². The van der Waals surface area contributed by atoms with Gasteiger partial charge in [-0.05, 0) is 13.3 Å². The Bertz CT molecular complexity index is 425. The molecule has 20 heavy (non-hydrogen) atoms. The lowest BCUT2D eigenvalue weighted by atomic mass is 10.4. The molecular weight excluding hydrogens is 289 g/mol. The van der Waals surface area contributed by atoms with Crippen molar-refractivity contribution in [2.75, 3.05) is 6.54 Å². The zero-order chi connectivity index (χ0) is 15.3. The molecule has 1 rings (SSSR count). The molecule has 0 aliphatic carbocycles. The first kappa shape index (κ1) is 16.4. The Balaban J connectivity index is 2.42. The number of hydroxylamine groups is 2. The van der Waals surface area contributed by atoms with Crippen molar-refractivity contribution in [1.82, 2.24) is 5.06 Å². The molecule has 0 aromatic heterocycles. The summed E-state index contributed by atoms with van der Waals surface area (Å²) in [6.07, 6.45) is -0.281. The fourth-order valence-corrected chi connectivity index (χ4v) is 1.69. The number of hydrogen-bond donors (Lipinski definition) is 0. The number of nitrogens with zero attached hydrogens (tertiary/aromatic N) is 1. The van der Waals surface area contributed by atoms with Gasteiger partial charge in [0.05, 0.1) is 6.54 Å². The summed E-state index contributed by atoms with van der Waals surface area (Å²) in [6, 6.07) is 0. The Morgan fingerprint density at radius 2 is 1.90 bits per heavy atom. The fraction of sp³-hybridized carbons (Fsp3) is 0.636. The van der Waals surface area contributed by atoms with E-state index >= 15 is 0 Å². The predicted molar refractivity (Wildman–Crippen MR) is 67.9 cm³/mol. The third-order valence-corrected chi connectivity index (χ3v) is 2.79. The number of ether oxygens (including phenoxy) is 2. The van der Waals surface area contributed by atoms with Crippen molar-refractivity contribution in [1.29, 1.82) is 0 Å². The van der Waals surface area contributed by atoms with Crippen molar-refractivity contribution in [3.05, 3.63) is 0 Å². The first-order valence-corrected chi connectivity index (χ1v) is 6.63. The van der Waals surface area contributed by atoms with E-state index in [-0.39, 0.29) is 5.91 Å². The van der Waals surface area contributed by atoms with Crippen LogP contribution in [0, 0.1) is 0 Å². The molecule has 1 unspecified atom stereocenters. The predicted octanol–water partition coefficient (Wildman–Crippen LogP) is -0.237. The van der Waals surface area contributed by atoms with Crippen LogP contribution < -0.4 is 0 Å². The molecule has 9 heteroatoms. The summed E-state index contributed by atoms with van der Waals surface area (Å²) in [7, 11) is 1.97. The molecule has 1 aliphatic rings. The van der Waals surface area contributed by atoms with Crippen LogP contribution in [0.1, 0.15) is 26.7 Å². The maximum Gasteiger partial charge on any atom is 0.372 e. The Morgan fingerprint density at radius 1 is 1.25 bits per heavy atom. The number of esters is 2. The molecule has 3 atom stereocenters. The van der Waals surface area contributed by atoms with Crippen LogP contribution in [0.4, 0.5) is 0 Å². The number of carbonyl (C=O) groups excluding carboxylic acids is 4. The normalized spacial score (nSPS) is 17.4. The Kier molecular flexibility index (Phi) is 5.88. The average molecular weight is 305 g/mol. The van der Waals surface area contributed by atoms with Gasteiger partial charge in [0.25, 0.3) is 5.91 Å². The van der Waals surface area contributed by atoms with E-state index in [1.807, 2.05) is 9.24 Å². The second-order valence-electron chi connectivity index (χ2n) is 4.12. The van der Waals surface area contributed by atoms with Crippen LogP contribution in [0.15, 0.2) is 0 Å². The van der Waals surface area contributed by atoms with Gasteiger partial charge >= 0.3 is 17.9 Å². The number of rotatable bonds is 5. The Hall–Kier alpha value is -1.69. The number of carbonyl (C=O) groups is 4. The van der Waals surface area contributed by atoms with Gasteiger partial charge in [-0.15, -0.1) is 0 Å². The van der Waals surface area contributed by atoms with E-state index in [1.165, 1.54) is 6.92 Å². The summed E-state index contributed by atoms with van der Waals surface area (Å²) in [5.41, 5.74) is 0. The largest absolute Gasteiger partial charge is 0.448 e. The fourth-order valence-electron chi connectivity index (χ4n) is 1.42. The van der Waals surface area contributed by atoms with Crippen molar-refractivity contribution in [3.63, 3.8) is 0 Å². The van der Waals surface area contributed by atoms with Crippen molar-refractivity contribution < 1.29 is 33.5 Å². The lowest BCUT2D eigenvalue weighted by Crippen LogP contribution is -2.36. The molecule has 1 fully saturated rings. The molecule has 0 radical (unpaired) electrons. The molecule has 0 bridgehead atoms. The van der Waals surface area contributed by atoms with Crippen molar-refractivity contribution >= 4 is 33.1 Å². The molecule has 0 saturated carbocycles. The van der Waals surface area contributed by atoms with Gasteiger partial charge in [-0.25, -0.2) is 9.59 Å². The van der Waals surface area contributed by atoms with Gasteiger partial charge in [0, 0.05) is 13.3 Å². The molecule has 8 nitrogen and oxygen atoms in total. The third kappa shape index (κ3) is 4.77. The van der Waals surface area contributed by atoms with Gasteiger partial charge in [0.2, 0.25) is 5.85 Å². The van der Waals surface area contributed by atoms with Crippen molar-refractivity contribution in [2.24, 2.45) is 0 Å². The monoisotopic (exact) mass is 305 g/mol. The van der Waals surface area contributed by atoms with Gasteiger partial charge in [-0.2, -0.15) is 5.06 Å². The second-order valence-corrected chi connectivity index (χ2v) is 4.72. The SMILES string of the molecule is CC(=O)O[C@@H](P)C(=O)O[C@@H](C)C(=O)ON1CCCC1=O. The molecule has 1 amide bonds. The molecular formula is C11H16NO7P. The average Bonchev–Trinajstić information content (AvgIpc) is 2.73. The van der Waals surface area contributed by atoms with E-state index in [4.69, 9.17) is 9.57 Å². The van der Waals surface area contributed by atoms with Crippen molar-refractivity contribution in [3.8, 4) is 0 Å². The van der Waals surface area contributed by atoms with Crippen LogP contribution in [0.2, 0.25) is 0 Å². The summed E-state index contributed by atoms with van der Waals surface area (Å²) in [5, 5.41) is 0.941. The van der Waals surface area contributed by atoms with Crippen LogP contribution in [0.25, 0.3) is 0 Å². The van der Waals surface area contributed by atoms with E-state index in [2.05, 4.69) is 4.74 Å². The molecule has 1 saturated heterocycles. The van der Waals surface area contributed by atoms with E-state index in [0.29, 0.717) is 19.4 Å². The van der Waals surface area contributed by atoms with Gasteiger partial charge < -0.3 is 14.3 Å². The van der Waals surface area contributed by atoms with Crippen LogP contribution >= 0.6 is 9.24 Å². The summed E-state index contributed by atoms with van der Waals surface area (Å²) in [4.78, 5) is 49.8. The van der Waals surface area contributed by atoms with E-state index in [9.17, 15) is 19.2 Å². The smallest absolute Gasteiger partial charge is 0.372 e. The minimum atomic E-state index is -1.21. The highest BCUT2D eigenvalue weighted by Crippen LogP contribution is 2.12. The first-order chi connectivity index (χ1) is 9.31. The molecule has 0 aromatic carbocycles. The minimum Gasteiger partial charge on any atom is -0.448 e. The maximum absolute atomic E-state index is 11.6. The summed E-state index contributed by atoms with van der Waals surface area (Å²) >= 11 is 0. The number of amides is 1. The van der Waals surface area contributed by atoms with Gasteiger partial charge in [-0.3, -0.25) is 9.59 Å². The zero-order valence-corrected chi connectivity index (χ0v) is 12.3. The summed E-state index contributed by atoms with van der Waals surface area (Å²) < 4.78 is 9.35. The lowest BCUT2D eigenvalue weighted by molar-refractivity contribution is -0.203. The van der Waals surface area contributed by atoms with Crippen molar-refractivity contribution in [2.45, 2.75) is 38.6 Å². The quantitative estimate of drug-likeness (QED) is 0.510. The van der Waals surface area contributed by atoms with Gasteiger partial charge in [0.1, 0.15) is 0 Å². The maximum atomic E-state index is 11.6. The van der Waals surface area contributed by atoms with Crippen LogP contribution in [0.3, 0.4) is 0 Å². The molecule has 1 heterocycles. The topological polar surface area (TPSA) is 99.2 Å². The summed E-state index contributed by atoms with van der Waals surface area (Å²) in [5.74, 6) is -3.91.